The SMILES string of the molecule is COc1ccc(-c2cccc(C)c2)cc1S(=O)(=O)Cc1cccc(CCCNC(=O)c2cccnc2Cl)c1. The Balaban J connectivity index is 1.44. The molecule has 38 heavy (non-hydrogen) atoms. The third-order valence-corrected chi connectivity index (χ3v) is 8.13. The van der Waals surface area contributed by atoms with E-state index in [-0.39, 0.29) is 21.7 Å². The van der Waals surface area contributed by atoms with E-state index in [9.17, 15) is 13.2 Å². The van der Waals surface area contributed by atoms with Crippen LogP contribution >= 0.6 is 11.6 Å². The second-order valence-corrected chi connectivity index (χ2v) is 11.3. The number of rotatable bonds is 10. The lowest BCUT2D eigenvalue weighted by Gasteiger charge is -2.13. The number of nitrogens with one attached hydrogen (secondary N) is 1. The lowest BCUT2D eigenvalue weighted by Crippen LogP contribution is -2.25. The molecule has 0 aliphatic carbocycles. The highest BCUT2D eigenvalue weighted by Gasteiger charge is 2.21. The molecule has 0 atom stereocenters. The number of halogens is 1. The van der Waals surface area contributed by atoms with Crippen LogP contribution in [0.2, 0.25) is 5.15 Å². The fraction of sp³-hybridized carbons (Fsp3) is 0.200. The Hall–Kier alpha value is -3.68. The van der Waals surface area contributed by atoms with Crippen molar-refractivity contribution in [3.63, 3.8) is 0 Å². The number of carbonyl (C=O) groups excluding carboxylic acids is 1. The number of hydrogen-bond donors (Lipinski definition) is 1. The third kappa shape index (κ3) is 6.79. The van der Waals surface area contributed by atoms with Crippen LogP contribution in [0.5, 0.6) is 5.75 Å². The number of amides is 1. The lowest BCUT2D eigenvalue weighted by molar-refractivity contribution is 0.0953. The Morgan fingerprint density at radius 2 is 1.71 bits per heavy atom. The van der Waals surface area contributed by atoms with Gasteiger partial charge in [-0.1, -0.05) is 71.8 Å². The summed E-state index contributed by atoms with van der Waals surface area (Å²) in [5, 5.41) is 3.01. The molecule has 6 nitrogen and oxygen atoms in total. The highest BCUT2D eigenvalue weighted by atomic mass is 35.5. The van der Waals surface area contributed by atoms with Crippen LogP contribution < -0.4 is 10.1 Å². The zero-order valence-electron chi connectivity index (χ0n) is 21.3. The summed E-state index contributed by atoms with van der Waals surface area (Å²) < 4.78 is 32.4. The maximum absolute atomic E-state index is 13.5. The molecule has 1 N–H and O–H groups in total. The molecule has 4 aromatic rings. The van der Waals surface area contributed by atoms with E-state index in [4.69, 9.17) is 16.3 Å². The first-order valence-electron chi connectivity index (χ1n) is 12.2. The number of pyridine rings is 1. The van der Waals surface area contributed by atoms with Gasteiger partial charge >= 0.3 is 0 Å². The van der Waals surface area contributed by atoms with Crippen LogP contribution in [0.1, 0.15) is 33.5 Å². The Kier molecular flexibility index (Phi) is 8.81. The summed E-state index contributed by atoms with van der Waals surface area (Å²) in [6, 6.07) is 24.0. The van der Waals surface area contributed by atoms with Gasteiger partial charge in [-0.05, 0) is 66.3 Å². The molecule has 1 heterocycles. The predicted octanol–water partition coefficient (Wildman–Crippen LogP) is 6.06. The van der Waals surface area contributed by atoms with Gasteiger partial charge in [0.15, 0.2) is 9.84 Å². The van der Waals surface area contributed by atoms with Crippen molar-refractivity contribution in [2.45, 2.75) is 30.4 Å². The lowest BCUT2D eigenvalue weighted by atomic mass is 10.0. The van der Waals surface area contributed by atoms with E-state index < -0.39 is 9.84 Å². The zero-order valence-corrected chi connectivity index (χ0v) is 22.9. The average molecular weight is 549 g/mol. The first-order valence-corrected chi connectivity index (χ1v) is 14.2. The second kappa shape index (κ2) is 12.2. The van der Waals surface area contributed by atoms with Crippen LogP contribution in [-0.4, -0.2) is 33.0 Å². The Morgan fingerprint density at radius 3 is 2.47 bits per heavy atom. The topological polar surface area (TPSA) is 85.4 Å². The predicted molar refractivity (Wildman–Crippen MR) is 150 cm³/mol. The van der Waals surface area contributed by atoms with Gasteiger partial charge in [0.25, 0.3) is 5.91 Å². The molecule has 0 saturated carbocycles. The van der Waals surface area contributed by atoms with Gasteiger partial charge in [0, 0.05) is 12.7 Å². The molecule has 0 spiro atoms. The van der Waals surface area contributed by atoms with Crippen LogP contribution in [0.4, 0.5) is 0 Å². The summed E-state index contributed by atoms with van der Waals surface area (Å²) in [7, 11) is -2.21. The number of aromatic nitrogens is 1. The summed E-state index contributed by atoms with van der Waals surface area (Å²) in [4.78, 5) is 16.4. The molecule has 8 heteroatoms. The molecule has 0 unspecified atom stereocenters. The maximum atomic E-state index is 13.5. The number of hydrogen-bond acceptors (Lipinski definition) is 5. The fourth-order valence-electron chi connectivity index (χ4n) is 4.24. The average Bonchev–Trinajstić information content (AvgIpc) is 2.91. The smallest absolute Gasteiger partial charge is 0.254 e. The van der Waals surface area contributed by atoms with Crippen LogP contribution in [0.15, 0.2) is 90.0 Å². The molecule has 0 aliphatic rings. The quantitative estimate of drug-likeness (QED) is 0.192. The van der Waals surface area contributed by atoms with Gasteiger partial charge in [0.2, 0.25) is 0 Å². The van der Waals surface area contributed by atoms with E-state index in [2.05, 4.69) is 10.3 Å². The van der Waals surface area contributed by atoms with Gasteiger partial charge < -0.3 is 10.1 Å². The molecule has 1 aromatic heterocycles. The number of benzene rings is 3. The van der Waals surface area contributed by atoms with Gasteiger partial charge in [-0.15, -0.1) is 0 Å². The number of ether oxygens (including phenoxy) is 1. The van der Waals surface area contributed by atoms with Crippen molar-refractivity contribution in [2.75, 3.05) is 13.7 Å². The van der Waals surface area contributed by atoms with Gasteiger partial charge in [-0.3, -0.25) is 4.79 Å². The normalized spacial score (nSPS) is 11.2. The van der Waals surface area contributed by atoms with Gasteiger partial charge in [-0.25, -0.2) is 13.4 Å². The van der Waals surface area contributed by atoms with E-state index in [0.29, 0.717) is 36.3 Å². The zero-order chi connectivity index (χ0) is 27.1. The summed E-state index contributed by atoms with van der Waals surface area (Å²) in [5.74, 6) is -0.100. The molecule has 0 radical (unpaired) electrons. The highest BCUT2D eigenvalue weighted by Crippen LogP contribution is 2.32. The van der Waals surface area contributed by atoms with Gasteiger partial charge in [-0.2, -0.15) is 0 Å². The summed E-state index contributed by atoms with van der Waals surface area (Å²) in [6.45, 7) is 2.46. The molecule has 1 amide bonds. The molecule has 0 fully saturated rings. The van der Waals surface area contributed by atoms with Crippen LogP contribution in [0, 0.1) is 6.92 Å². The Labute approximate surface area is 228 Å². The van der Waals surface area contributed by atoms with Crippen molar-refractivity contribution in [1.29, 1.82) is 0 Å². The minimum Gasteiger partial charge on any atom is -0.495 e. The highest BCUT2D eigenvalue weighted by molar-refractivity contribution is 7.90. The second-order valence-electron chi connectivity index (χ2n) is 9.02. The van der Waals surface area contributed by atoms with Crippen molar-refractivity contribution in [3.05, 3.63) is 112 Å². The number of aryl methyl sites for hydroxylation is 2. The number of carbonyl (C=O) groups is 1. The number of nitrogens with zero attached hydrogens (tertiary/aromatic N) is 1. The Bertz CT molecular complexity index is 1550. The van der Waals surface area contributed by atoms with E-state index >= 15 is 0 Å². The van der Waals surface area contributed by atoms with E-state index in [1.807, 2.05) is 61.5 Å². The van der Waals surface area contributed by atoms with E-state index in [0.717, 1.165) is 22.3 Å². The van der Waals surface area contributed by atoms with Gasteiger partial charge in [0.05, 0.1) is 18.4 Å². The largest absolute Gasteiger partial charge is 0.495 e. The standard InChI is InChI=1S/C30H29ClN2O4S/c1-21-7-3-11-24(17-21)25-13-14-27(37-2)28(19-25)38(35,36)20-23-9-4-8-22(18-23)10-5-16-33-30(34)26-12-6-15-32-29(26)31/h3-4,6-9,11-15,17-19H,5,10,16,20H2,1-2H3,(H,33,34). The molecule has 0 saturated heterocycles. The van der Waals surface area contributed by atoms with Crippen LogP contribution in [0.25, 0.3) is 11.1 Å². The molecular formula is C30H29ClN2O4S. The third-order valence-electron chi connectivity index (χ3n) is 6.13. The van der Waals surface area contributed by atoms with Crippen LogP contribution in [0.3, 0.4) is 0 Å². The van der Waals surface area contributed by atoms with Crippen molar-refractivity contribution < 1.29 is 17.9 Å². The summed E-state index contributed by atoms with van der Waals surface area (Å²) in [6.07, 6.45) is 2.90. The molecule has 0 bridgehead atoms. The molecule has 196 valence electrons. The van der Waals surface area contributed by atoms with Crippen LogP contribution in [-0.2, 0) is 22.0 Å². The van der Waals surface area contributed by atoms with Gasteiger partial charge in [0.1, 0.15) is 15.8 Å². The maximum Gasteiger partial charge on any atom is 0.254 e. The van der Waals surface area contributed by atoms with Crippen molar-refractivity contribution in [2.24, 2.45) is 0 Å². The Morgan fingerprint density at radius 1 is 0.947 bits per heavy atom. The molecule has 4 rings (SSSR count). The minimum atomic E-state index is -3.69. The molecule has 0 aliphatic heterocycles. The van der Waals surface area contributed by atoms with Crippen molar-refractivity contribution in [3.8, 4) is 16.9 Å². The summed E-state index contributed by atoms with van der Waals surface area (Å²) >= 11 is 5.98. The monoisotopic (exact) mass is 548 g/mol. The number of methoxy groups -OCH3 is 1. The molecular weight excluding hydrogens is 520 g/mol. The van der Waals surface area contributed by atoms with Crippen molar-refractivity contribution in [1.82, 2.24) is 10.3 Å². The van der Waals surface area contributed by atoms with Crippen molar-refractivity contribution >= 4 is 27.3 Å². The fourth-order valence-corrected chi connectivity index (χ4v) is 5.98. The van der Waals surface area contributed by atoms with E-state index in [1.165, 1.54) is 13.3 Å². The number of sulfone groups is 1. The first-order chi connectivity index (χ1) is 18.3. The van der Waals surface area contributed by atoms with E-state index in [1.54, 1.807) is 24.3 Å². The first kappa shape index (κ1) is 27.4. The summed E-state index contributed by atoms with van der Waals surface area (Å²) in [5.41, 5.74) is 4.88. The molecule has 3 aromatic carbocycles. The minimum absolute atomic E-state index is 0.148.